The lowest BCUT2D eigenvalue weighted by Gasteiger charge is -1.86. The maximum Gasteiger partial charge on any atom is 0.240 e. The van der Waals surface area contributed by atoms with Gasteiger partial charge < -0.3 is 9.84 Å². The molecule has 2 rings (SSSR count). The first-order valence-electron chi connectivity index (χ1n) is 3.91. The van der Waals surface area contributed by atoms with Crippen LogP contribution in [0, 0.1) is 0 Å². The molecule has 0 saturated carbocycles. The normalized spacial score (nSPS) is 9.79. The Hall–Kier alpha value is -0.910. The van der Waals surface area contributed by atoms with Crippen LogP contribution in [0.15, 0.2) is 22.0 Å². The molecule has 6 heteroatoms. The van der Waals surface area contributed by atoms with Crippen LogP contribution in [0.1, 0.15) is 5.89 Å². The fraction of sp³-hybridized carbons (Fsp3) is 0.250. The van der Waals surface area contributed by atoms with Crippen LogP contribution in [0.3, 0.4) is 0 Å². The van der Waals surface area contributed by atoms with E-state index in [0.29, 0.717) is 18.3 Å². The van der Waals surface area contributed by atoms with Crippen LogP contribution < -0.4 is 5.32 Å². The first kappa shape index (κ1) is 11.2. The molecule has 0 amide bonds. The van der Waals surface area contributed by atoms with Crippen LogP contribution in [0.4, 0.5) is 0 Å². The van der Waals surface area contributed by atoms with Crippen molar-refractivity contribution >= 4 is 23.7 Å². The van der Waals surface area contributed by atoms with Crippen LogP contribution in [-0.2, 0) is 6.54 Å². The smallest absolute Gasteiger partial charge is 0.240 e. The highest BCUT2D eigenvalue weighted by Crippen LogP contribution is 2.20. The molecule has 2 aromatic heterocycles. The van der Waals surface area contributed by atoms with Gasteiger partial charge in [-0.3, -0.25) is 0 Å². The minimum Gasteiger partial charge on any atom is -0.338 e. The first-order chi connectivity index (χ1) is 6.40. The van der Waals surface area contributed by atoms with Crippen molar-refractivity contribution in [1.29, 1.82) is 0 Å². The topological polar surface area (TPSA) is 51.0 Å². The minimum absolute atomic E-state index is 0. The molecule has 0 unspecified atom stereocenters. The number of aromatic nitrogens is 2. The summed E-state index contributed by atoms with van der Waals surface area (Å²) in [7, 11) is 1.84. The molecule has 0 spiro atoms. The molecule has 1 N–H and O–H groups in total. The van der Waals surface area contributed by atoms with Crippen molar-refractivity contribution in [3.8, 4) is 10.7 Å². The van der Waals surface area contributed by atoms with Gasteiger partial charge in [-0.2, -0.15) is 4.98 Å². The summed E-state index contributed by atoms with van der Waals surface area (Å²) in [6.45, 7) is 0.609. The lowest BCUT2D eigenvalue weighted by Crippen LogP contribution is -2.04. The van der Waals surface area contributed by atoms with E-state index in [0.717, 1.165) is 4.88 Å². The number of nitrogens with zero attached hydrogens (tertiary/aromatic N) is 2. The Morgan fingerprint density at radius 2 is 2.43 bits per heavy atom. The predicted octanol–water partition coefficient (Wildman–Crippen LogP) is 1.94. The zero-order chi connectivity index (χ0) is 9.10. The molecule has 2 aromatic rings. The van der Waals surface area contributed by atoms with Crippen molar-refractivity contribution in [2.24, 2.45) is 0 Å². The second-order valence-corrected chi connectivity index (χ2v) is 3.47. The van der Waals surface area contributed by atoms with Gasteiger partial charge in [-0.05, 0) is 18.5 Å². The van der Waals surface area contributed by atoms with Crippen molar-refractivity contribution in [3.05, 3.63) is 23.4 Å². The molecule has 2 heterocycles. The number of rotatable bonds is 3. The Morgan fingerprint density at radius 1 is 1.57 bits per heavy atom. The summed E-state index contributed by atoms with van der Waals surface area (Å²) in [6.07, 6.45) is 0. The van der Waals surface area contributed by atoms with E-state index in [1.165, 1.54) is 0 Å². The summed E-state index contributed by atoms with van der Waals surface area (Å²) >= 11 is 1.60. The van der Waals surface area contributed by atoms with Gasteiger partial charge >= 0.3 is 0 Å². The number of hydrogen-bond donors (Lipinski definition) is 1. The van der Waals surface area contributed by atoms with E-state index < -0.39 is 0 Å². The Morgan fingerprint density at radius 3 is 3.07 bits per heavy atom. The van der Waals surface area contributed by atoms with Gasteiger partial charge in [0.15, 0.2) is 0 Å². The monoisotopic (exact) mass is 231 g/mol. The molecule has 0 radical (unpaired) electrons. The fourth-order valence-electron chi connectivity index (χ4n) is 0.984. The summed E-state index contributed by atoms with van der Waals surface area (Å²) in [6, 6.07) is 3.94. The van der Waals surface area contributed by atoms with E-state index in [4.69, 9.17) is 4.52 Å². The maximum atomic E-state index is 5.01. The molecule has 0 saturated heterocycles. The van der Waals surface area contributed by atoms with Crippen LogP contribution in [-0.4, -0.2) is 17.2 Å². The molecular formula is C8H10ClN3OS. The molecule has 0 aliphatic rings. The summed E-state index contributed by atoms with van der Waals surface area (Å²) in [5.74, 6) is 1.28. The van der Waals surface area contributed by atoms with Gasteiger partial charge in [-0.1, -0.05) is 11.2 Å². The number of nitrogens with one attached hydrogen (secondary N) is 1. The standard InChI is InChI=1S/C8H9N3OS.ClH/c1-9-5-7-10-8(11-12-7)6-3-2-4-13-6;/h2-4,9H,5H2,1H3;1H. The summed E-state index contributed by atoms with van der Waals surface area (Å²) < 4.78 is 5.01. The molecule has 4 nitrogen and oxygen atoms in total. The third-order valence-corrected chi connectivity index (χ3v) is 2.40. The number of thiophene rings is 1. The molecule has 0 fully saturated rings. The van der Waals surface area contributed by atoms with Crippen LogP contribution in [0.25, 0.3) is 10.7 Å². The highest BCUT2D eigenvalue weighted by molar-refractivity contribution is 7.13. The van der Waals surface area contributed by atoms with Gasteiger partial charge in [0, 0.05) is 0 Å². The van der Waals surface area contributed by atoms with E-state index in [1.807, 2.05) is 24.6 Å². The van der Waals surface area contributed by atoms with E-state index >= 15 is 0 Å². The second-order valence-electron chi connectivity index (χ2n) is 2.52. The predicted molar refractivity (Wildman–Crippen MR) is 57.6 cm³/mol. The Balaban J connectivity index is 0.000000980. The zero-order valence-corrected chi connectivity index (χ0v) is 9.19. The van der Waals surface area contributed by atoms with Gasteiger partial charge in [0.25, 0.3) is 0 Å². The van der Waals surface area contributed by atoms with Crippen molar-refractivity contribution < 1.29 is 4.52 Å². The van der Waals surface area contributed by atoms with Gasteiger partial charge in [-0.25, -0.2) is 0 Å². The van der Waals surface area contributed by atoms with Crippen LogP contribution in [0.2, 0.25) is 0 Å². The molecule has 0 aromatic carbocycles. The molecule has 14 heavy (non-hydrogen) atoms. The van der Waals surface area contributed by atoms with Crippen LogP contribution in [0.5, 0.6) is 0 Å². The molecule has 0 aliphatic heterocycles. The number of halogens is 1. The molecule has 0 atom stereocenters. The average Bonchev–Trinajstić information content (AvgIpc) is 2.70. The van der Waals surface area contributed by atoms with Crippen LogP contribution >= 0.6 is 23.7 Å². The SMILES string of the molecule is CNCc1nc(-c2cccs2)no1.Cl. The van der Waals surface area contributed by atoms with Gasteiger partial charge in [-0.15, -0.1) is 23.7 Å². The summed E-state index contributed by atoms with van der Waals surface area (Å²) in [4.78, 5) is 5.25. The van der Waals surface area contributed by atoms with E-state index in [1.54, 1.807) is 11.3 Å². The highest BCUT2D eigenvalue weighted by atomic mass is 35.5. The van der Waals surface area contributed by atoms with Crippen molar-refractivity contribution in [3.63, 3.8) is 0 Å². The first-order valence-corrected chi connectivity index (χ1v) is 4.79. The highest BCUT2D eigenvalue weighted by Gasteiger charge is 2.07. The molecule has 0 bridgehead atoms. The second kappa shape index (κ2) is 5.09. The Labute approximate surface area is 91.7 Å². The van der Waals surface area contributed by atoms with E-state index in [2.05, 4.69) is 15.5 Å². The Bertz CT molecular complexity index is 374. The van der Waals surface area contributed by atoms with Gasteiger partial charge in [0.1, 0.15) is 0 Å². The third-order valence-electron chi connectivity index (χ3n) is 1.54. The fourth-order valence-corrected chi connectivity index (χ4v) is 1.63. The average molecular weight is 232 g/mol. The molecule has 76 valence electrons. The van der Waals surface area contributed by atoms with E-state index in [9.17, 15) is 0 Å². The maximum absolute atomic E-state index is 5.01. The lowest BCUT2D eigenvalue weighted by atomic mass is 10.4. The third kappa shape index (κ3) is 2.31. The van der Waals surface area contributed by atoms with Gasteiger partial charge in [0.05, 0.1) is 11.4 Å². The quantitative estimate of drug-likeness (QED) is 0.877. The molecule has 0 aliphatic carbocycles. The Kier molecular flexibility index (Phi) is 4.06. The van der Waals surface area contributed by atoms with E-state index in [-0.39, 0.29) is 12.4 Å². The van der Waals surface area contributed by atoms with Crippen molar-refractivity contribution in [2.75, 3.05) is 7.05 Å². The van der Waals surface area contributed by atoms with Gasteiger partial charge in [0.2, 0.25) is 11.7 Å². The zero-order valence-electron chi connectivity index (χ0n) is 7.56. The molecular weight excluding hydrogens is 222 g/mol. The largest absolute Gasteiger partial charge is 0.338 e. The van der Waals surface area contributed by atoms with Crippen molar-refractivity contribution in [2.45, 2.75) is 6.54 Å². The number of hydrogen-bond acceptors (Lipinski definition) is 5. The summed E-state index contributed by atoms with van der Waals surface area (Å²) in [5.41, 5.74) is 0. The minimum atomic E-state index is 0. The van der Waals surface area contributed by atoms with Crippen molar-refractivity contribution in [1.82, 2.24) is 15.5 Å². The lowest BCUT2D eigenvalue weighted by molar-refractivity contribution is 0.372. The summed E-state index contributed by atoms with van der Waals surface area (Å²) in [5, 5.41) is 8.80.